The van der Waals surface area contributed by atoms with Crippen LogP contribution in [0.15, 0.2) is 30.6 Å². The van der Waals surface area contributed by atoms with Crippen molar-refractivity contribution in [3.8, 4) is 0 Å². The first kappa shape index (κ1) is 24.6. The molecule has 2 aromatic heterocycles. The van der Waals surface area contributed by atoms with Gasteiger partial charge in [0.1, 0.15) is 12.4 Å². The Morgan fingerprint density at radius 3 is 2.86 bits per heavy atom. The van der Waals surface area contributed by atoms with Crippen molar-refractivity contribution in [3.63, 3.8) is 0 Å². The molecule has 0 unspecified atom stereocenters. The zero-order valence-electron chi connectivity index (χ0n) is 21.1. The molecule has 2 aliphatic heterocycles. The summed E-state index contributed by atoms with van der Waals surface area (Å²) in [6.45, 7) is 4.85. The maximum absolute atomic E-state index is 12.9. The summed E-state index contributed by atoms with van der Waals surface area (Å²) in [7, 11) is 1.39. The number of rotatable bonds is 8. The fourth-order valence-corrected chi connectivity index (χ4v) is 5.12. The Balaban J connectivity index is 1.42. The number of fused-ring (bicyclic) bond motifs is 3. The molecule has 5 rings (SSSR count). The van der Waals surface area contributed by atoms with Crippen LogP contribution in [0, 0.1) is 0 Å². The lowest BCUT2D eigenvalue weighted by Gasteiger charge is -2.34. The van der Waals surface area contributed by atoms with Gasteiger partial charge in [0.2, 0.25) is 5.91 Å². The lowest BCUT2D eigenvalue weighted by atomic mass is 9.96. The molecule has 0 aliphatic carbocycles. The zero-order valence-corrected chi connectivity index (χ0v) is 21.1. The van der Waals surface area contributed by atoms with Gasteiger partial charge in [-0.05, 0) is 38.0 Å². The number of methoxy groups -OCH3 is 1. The van der Waals surface area contributed by atoms with E-state index in [0.29, 0.717) is 39.1 Å². The molecule has 1 aromatic carbocycles. The number of hydrogen-bond donors (Lipinski definition) is 2. The summed E-state index contributed by atoms with van der Waals surface area (Å²) in [5.41, 5.74) is 3.44. The number of hydrogen-bond acceptors (Lipinski definition) is 6. The maximum atomic E-state index is 12.9. The maximum Gasteiger partial charge on any atom is 0.414 e. The minimum absolute atomic E-state index is 0.0160. The second kappa shape index (κ2) is 10.5. The summed E-state index contributed by atoms with van der Waals surface area (Å²) in [4.78, 5) is 45.6. The highest BCUT2D eigenvalue weighted by Gasteiger charge is 2.31. The van der Waals surface area contributed by atoms with Gasteiger partial charge in [-0.3, -0.25) is 14.4 Å². The summed E-state index contributed by atoms with van der Waals surface area (Å²) in [6, 6.07) is 5.63. The fourth-order valence-electron chi connectivity index (χ4n) is 5.12. The van der Waals surface area contributed by atoms with E-state index in [2.05, 4.69) is 15.7 Å². The van der Waals surface area contributed by atoms with Gasteiger partial charge >= 0.3 is 12.1 Å². The van der Waals surface area contributed by atoms with E-state index in [0.717, 1.165) is 41.0 Å². The standard InChI is InChI=1S/C25H32N8O4/c1-17-4-5-18-19(33(17)25(36)37-2)6-7-20-23(18)29-21(8-13-31-12-3-9-28-31)32(20)16-22(34)26-10-14-30-15-11-27-24(30)35/h3,6-7,9,12,17H,4-5,8,10-11,13-16H2,1-2H3,(H,26,34)(H,27,35)/t17-/m0/s1. The van der Waals surface area contributed by atoms with Crippen molar-refractivity contribution in [1.82, 2.24) is 34.9 Å². The Bertz CT molecular complexity index is 1300. The number of amides is 4. The van der Waals surface area contributed by atoms with E-state index in [1.807, 2.05) is 40.6 Å². The van der Waals surface area contributed by atoms with Gasteiger partial charge in [0.15, 0.2) is 0 Å². The van der Waals surface area contributed by atoms with Crippen LogP contribution in [0.3, 0.4) is 0 Å². The van der Waals surface area contributed by atoms with Crippen molar-refractivity contribution >= 4 is 34.8 Å². The number of anilines is 1. The van der Waals surface area contributed by atoms with Crippen molar-refractivity contribution in [1.29, 1.82) is 0 Å². The molecule has 0 radical (unpaired) electrons. The monoisotopic (exact) mass is 508 g/mol. The van der Waals surface area contributed by atoms with Crippen LogP contribution < -0.4 is 15.5 Å². The first-order valence-electron chi connectivity index (χ1n) is 12.6. The summed E-state index contributed by atoms with van der Waals surface area (Å²) in [5.74, 6) is 0.623. The predicted molar refractivity (Wildman–Crippen MR) is 136 cm³/mol. The van der Waals surface area contributed by atoms with Gasteiger partial charge < -0.3 is 24.8 Å². The van der Waals surface area contributed by atoms with E-state index in [4.69, 9.17) is 9.72 Å². The van der Waals surface area contributed by atoms with E-state index >= 15 is 0 Å². The summed E-state index contributed by atoms with van der Waals surface area (Å²) < 4.78 is 8.82. The third-order valence-corrected chi connectivity index (χ3v) is 7.04. The molecule has 12 heteroatoms. The number of nitrogens with one attached hydrogen (secondary N) is 2. The molecule has 12 nitrogen and oxygen atoms in total. The number of nitrogens with zero attached hydrogens (tertiary/aromatic N) is 6. The SMILES string of the molecule is COC(=O)N1c2ccc3c(nc(CCn4cccn4)n3CC(=O)NCCN3CCNC3=O)c2CC[C@@H]1C. The molecule has 2 N–H and O–H groups in total. The molecular formula is C25H32N8O4. The summed E-state index contributed by atoms with van der Waals surface area (Å²) >= 11 is 0. The molecule has 1 atom stereocenters. The van der Waals surface area contributed by atoms with E-state index in [1.165, 1.54) is 7.11 Å². The van der Waals surface area contributed by atoms with Crippen molar-refractivity contribution in [2.75, 3.05) is 38.2 Å². The first-order chi connectivity index (χ1) is 18.0. The highest BCUT2D eigenvalue weighted by molar-refractivity contribution is 5.95. The van der Waals surface area contributed by atoms with Crippen LogP contribution in [0.1, 0.15) is 24.7 Å². The Morgan fingerprint density at radius 1 is 1.27 bits per heavy atom. The molecule has 0 bridgehead atoms. The van der Waals surface area contributed by atoms with Crippen LogP contribution in [-0.4, -0.2) is 81.6 Å². The normalized spacial score (nSPS) is 17.1. The smallest absolute Gasteiger partial charge is 0.414 e. The minimum atomic E-state index is -0.391. The van der Waals surface area contributed by atoms with Crippen LogP contribution in [0.5, 0.6) is 0 Å². The molecule has 1 fully saturated rings. The van der Waals surface area contributed by atoms with E-state index in [9.17, 15) is 14.4 Å². The third-order valence-electron chi connectivity index (χ3n) is 7.04. The van der Waals surface area contributed by atoms with Crippen LogP contribution in [0.4, 0.5) is 15.3 Å². The van der Waals surface area contributed by atoms with Gasteiger partial charge in [0, 0.05) is 63.1 Å². The predicted octanol–water partition coefficient (Wildman–Crippen LogP) is 1.52. The number of carbonyl (C=O) groups is 3. The molecule has 3 aromatic rings. The van der Waals surface area contributed by atoms with Crippen molar-refractivity contribution in [2.45, 2.75) is 45.3 Å². The van der Waals surface area contributed by atoms with Crippen LogP contribution in [0.25, 0.3) is 11.0 Å². The third kappa shape index (κ3) is 4.95. The van der Waals surface area contributed by atoms with Gasteiger partial charge in [-0.25, -0.2) is 14.6 Å². The number of benzene rings is 1. The molecule has 0 spiro atoms. The molecule has 0 saturated carbocycles. The fraction of sp³-hybridized carbons (Fsp3) is 0.480. The highest BCUT2D eigenvalue weighted by Crippen LogP contribution is 2.36. The van der Waals surface area contributed by atoms with E-state index in [-0.39, 0.29) is 24.5 Å². The Morgan fingerprint density at radius 2 is 2.14 bits per heavy atom. The van der Waals surface area contributed by atoms with E-state index < -0.39 is 6.09 Å². The van der Waals surface area contributed by atoms with Gasteiger partial charge in [0.25, 0.3) is 0 Å². The highest BCUT2D eigenvalue weighted by atomic mass is 16.5. The van der Waals surface area contributed by atoms with Crippen molar-refractivity contribution in [2.24, 2.45) is 0 Å². The lowest BCUT2D eigenvalue weighted by molar-refractivity contribution is -0.121. The second-order valence-electron chi connectivity index (χ2n) is 9.36. The van der Waals surface area contributed by atoms with Crippen molar-refractivity contribution in [3.05, 3.63) is 42.0 Å². The minimum Gasteiger partial charge on any atom is -0.452 e. The number of urea groups is 1. The van der Waals surface area contributed by atoms with E-state index in [1.54, 1.807) is 16.0 Å². The Labute approximate surface area is 214 Å². The number of aryl methyl sites for hydroxylation is 3. The molecule has 4 amide bonds. The molecule has 196 valence electrons. The Kier molecular flexibility index (Phi) is 6.97. The summed E-state index contributed by atoms with van der Waals surface area (Å²) in [6.07, 6.45) is 5.39. The van der Waals surface area contributed by atoms with Crippen LogP contribution in [0.2, 0.25) is 0 Å². The zero-order chi connectivity index (χ0) is 25.9. The van der Waals surface area contributed by atoms with Gasteiger partial charge in [0.05, 0.1) is 23.8 Å². The topological polar surface area (TPSA) is 127 Å². The average molecular weight is 509 g/mol. The van der Waals surface area contributed by atoms with Gasteiger partial charge in [-0.15, -0.1) is 0 Å². The molecule has 2 aliphatic rings. The Hall–Kier alpha value is -4.09. The number of ether oxygens (including phenoxy) is 1. The largest absolute Gasteiger partial charge is 0.452 e. The number of aromatic nitrogens is 4. The van der Waals surface area contributed by atoms with Crippen molar-refractivity contribution < 1.29 is 19.1 Å². The quantitative estimate of drug-likeness (QED) is 0.475. The number of carbonyl (C=O) groups excluding carboxylic acids is 3. The van der Waals surface area contributed by atoms with Crippen LogP contribution in [-0.2, 0) is 35.5 Å². The molecule has 1 saturated heterocycles. The van der Waals surface area contributed by atoms with Gasteiger partial charge in [-0.2, -0.15) is 5.10 Å². The molecular weight excluding hydrogens is 476 g/mol. The lowest BCUT2D eigenvalue weighted by Crippen LogP contribution is -2.42. The first-order valence-corrected chi connectivity index (χ1v) is 12.6. The van der Waals surface area contributed by atoms with Gasteiger partial charge in [-0.1, -0.05) is 0 Å². The second-order valence-corrected chi connectivity index (χ2v) is 9.36. The number of imidazole rings is 1. The molecule has 4 heterocycles. The average Bonchev–Trinajstić information content (AvgIpc) is 3.63. The summed E-state index contributed by atoms with van der Waals surface area (Å²) in [5, 5.41) is 9.98. The molecule has 37 heavy (non-hydrogen) atoms. The van der Waals surface area contributed by atoms with Crippen LogP contribution >= 0.6 is 0 Å².